The van der Waals surface area contributed by atoms with E-state index in [2.05, 4.69) is 0 Å². The third-order valence-corrected chi connectivity index (χ3v) is 4.22. The molecule has 0 radical (unpaired) electrons. The van der Waals surface area contributed by atoms with Crippen LogP contribution < -0.4 is 5.73 Å². The number of carboxylic acid groups (broad SMARTS) is 1. The molecule has 1 aromatic rings. The van der Waals surface area contributed by atoms with Crippen LogP contribution in [0.2, 0.25) is 5.02 Å². The number of aliphatic carboxylic acids is 1. The first-order valence-electron chi connectivity index (χ1n) is 5.02. The molecule has 3 N–H and O–H groups in total. The van der Waals surface area contributed by atoms with Crippen molar-refractivity contribution in [3.8, 4) is 0 Å². The zero-order chi connectivity index (χ0) is 11.7. The molecule has 1 saturated carbocycles. The van der Waals surface area contributed by atoms with E-state index in [1.165, 1.54) is 11.8 Å². The Labute approximate surface area is 103 Å². The van der Waals surface area contributed by atoms with Gasteiger partial charge in [-0.15, -0.1) is 11.8 Å². The Bertz CT molecular complexity index is 420. The molecule has 16 heavy (non-hydrogen) atoms. The van der Waals surface area contributed by atoms with E-state index in [1.807, 2.05) is 0 Å². The monoisotopic (exact) mass is 257 g/mol. The number of benzene rings is 1. The van der Waals surface area contributed by atoms with Gasteiger partial charge in [-0.25, -0.2) is 0 Å². The van der Waals surface area contributed by atoms with Crippen molar-refractivity contribution in [3.05, 3.63) is 23.2 Å². The number of halogens is 1. The van der Waals surface area contributed by atoms with E-state index in [9.17, 15) is 4.79 Å². The number of anilines is 1. The van der Waals surface area contributed by atoms with Gasteiger partial charge in [0.1, 0.15) is 5.25 Å². The lowest BCUT2D eigenvalue weighted by atomic mass is 10.3. The van der Waals surface area contributed by atoms with E-state index in [0.29, 0.717) is 10.7 Å². The summed E-state index contributed by atoms with van der Waals surface area (Å²) < 4.78 is 0. The van der Waals surface area contributed by atoms with E-state index in [-0.39, 0.29) is 11.2 Å². The van der Waals surface area contributed by atoms with Crippen LogP contribution in [0, 0.1) is 5.92 Å². The summed E-state index contributed by atoms with van der Waals surface area (Å²) in [7, 11) is 0. The highest BCUT2D eigenvalue weighted by Gasteiger charge is 2.37. The number of carboxylic acids is 1. The molecule has 0 aromatic heterocycles. The minimum Gasteiger partial charge on any atom is -0.480 e. The van der Waals surface area contributed by atoms with E-state index in [1.54, 1.807) is 18.2 Å². The van der Waals surface area contributed by atoms with Crippen LogP contribution in [0.15, 0.2) is 23.1 Å². The molecule has 3 nitrogen and oxygen atoms in total. The van der Waals surface area contributed by atoms with Crippen LogP contribution in [0.5, 0.6) is 0 Å². The van der Waals surface area contributed by atoms with Crippen LogP contribution in [0.4, 0.5) is 5.69 Å². The Balaban J connectivity index is 2.15. The molecule has 0 heterocycles. The van der Waals surface area contributed by atoms with Crippen LogP contribution in [-0.2, 0) is 4.79 Å². The van der Waals surface area contributed by atoms with Crippen molar-refractivity contribution in [1.29, 1.82) is 0 Å². The molecular weight excluding hydrogens is 246 g/mol. The largest absolute Gasteiger partial charge is 0.480 e. The van der Waals surface area contributed by atoms with Crippen LogP contribution >= 0.6 is 23.4 Å². The molecule has 1 atom stereocenters. The van der Waals surface area contributed by atoms with Crippen molar-refractivity contribution in [1.82, 2.24) is 0 Å². The lowest BCUT2D eigenvalue weighted by molar-refractivity contribution is -0.136. The van der Waals surface area contributed by atoms with Gasteiger partial charge in [-0.2, -0.15) is 0 Å². The first-order valence-corrected chi connectivity index (χ1v) is 6.28. The Morgan fingerprint density at radius 1 is 1.56 bits per heavy atom. The quantitative estimate of drug-likeness (QED) is 0.643. The summed E-state index contributed by atoms with van der Waals surface area (Å²) in [5.74, 6) is -0.473. The summed E-state index contributed by atoms with van der Waals surface area (Å²) in [6, 6.07) is 5.16. The third kappa shape index (κ3) is 2.62. The average Bonchev–Trinajstić information content (AvgIpc) is 2.99. The summed E-state index contributed by atoms with van der Waals surface area (Å²) in [5.41, 5.74) is 6.34. The second-order valence-electron chi connectivity index (χ2n) is 3.90. The van der Waals surface area contributed by atoms with Crippen LogP contribution in [0.25, 0.3) is 0 Å². The highest BCUT2D eigenvalue weighted by atomic mass is 35.5. The van der Waals surface area contributed by atoms with Crippen LogP contribution in [0.3, 0.4) is 0 Å². The molecule has 0 spiro atoms. The Hall–Kier alpha value is -0.870. The molecule has 0 aliphatic heterocycles. The maximum atomic E-state index is 11.1. The third-order valence-electron chi connectivity index (χ3n) is 2.52. The van der Waals surface area contributed by atoms with Gasteiger partial charge < -0.3 is 10.8 Å². The molecule has 1 unspecified atom stereocenters. The van der Waals surface area contributed by atoms with Gasteiger partial charge in [0.15, 0.2) is 0 Å². The molecule has 86 valence electrons. The smallest absolute Gasteiger partial charge is 0.317 e. The summed E-state index contributed by atoms with van der Waals surface area (Å²) >= 11 is 7.10. The summed E-state index contributed by atoms with van der Waals surface area (Å²) in [4.78, 5) is 11.9. The fourth-order valence-corrected chi connectivity index (χ4v) is 2.87. The van der Waals surface area contributed by atoms with Crippen molar-refractivity contribution in [2.45, 2.75) is 23.0 Å². The maximum Gasteiger partial charge on any atom is 0.317 e. The topological polar surface area (TPSA) is 63.3 Å². The molecule has 1 fully saturated rings. The van der Waals surface area contributed by atoms with E-state index < -0.39 is 5.97 Å². The number of nitrogen functional groups attached to an aromatic ring is 1. The van der Waals surface area contributed by atoms with Crippen molar-refractivity contribution >= 4 is 35.0 Å². The van der Waals surface area contributed by atoms with Gasteiger partial charge in [-0.3, -0.25) is 4.79 Å². The molecule has 0 amide bonds. The predicted octanol–water partition coefficient (Wildman–Crippen LogP) is 2.88. The van der Waals surface area contributed by atoms with Crippen LogP contribution in [-0.4, -0.2) is 16.3 Å². The Kier molecular flexibility index (Phi) is 3.30. The van der Waals surface area contributed by atoms with Gasteiger partial charge in [0, 0.05) is 15.6 Å². The van der Waals surface area contributed by atoms with Crippen molar-refractivity contribution in [3.63, 3.8) is 0 Å². The first-order chi connectivity index (χ1) is 7.58. The summed E-state index contributed by atoms with van der Waals surface area (Å²) in [6.07, 6.45) is 1.99. The number of rotatable bonds is 4. The highest BCUT2D eigenvalue weighted by molar-refractivity contribution is 8.00. The highest BCUT2D eigenvalue weighted by Crippen LogP contribution is 2.43. The standard InChI is InChI=1S/C11H12ClNO2S/c12-7-3-4-9(8(13)5-7)16-10(11(14)15)6-1-2-6/h3-6,10H,1-2,13H2,(H,14,15). The minimum absolute atomic E-state index is 0.289. The van der Waals surface area contributed by atoms with Gasteiger partial charge >= 0.3 is 5.97 Å². The molecule has 0 bridgehead atoms. The number of hydrogen-bond donors (Lipinski definition) is 2. The second kappa shape index (κ2) is 4.55. The van der Waals surface area contributed by atoms with E-state index in [0.717, 1.165) is 17.7 Å². The molecule has 0 saturated heterocycles. The minimum atomic E-state index is -0.762. The zero-order valence-corrected chi connectivity index (χ0v) is 10.1. The molecule has 1 aromatic carbocycles. The lowest BCUT2D eigenvalue weighted by Gasteiger charge is -2.12. The Morgan fingerprint density at radius 2 is 2.25 bits per heavy atom. The molecular formula is C11H12ClNO2S. The average molecular weight is 258 g/mol. The lowest BCUT2D eigenvalue weighted by Crippen LogP contribution is -2.18. The van der Waals surface area contributed by atoms with Crippen LogP contribution in [0.1, 0.15) is 12.8 Å². The number of nitrogens with two attached hydrogens (primary N) is 1. The van der Waals surface area contributed by atoms with Crippen molar-refractivity contribution < 1.29 is 9.90 Å². The molecule has 1 aliphatic rings. The molecule has 2 rings (SSSR count). The number of hydrogen-bond acceptors (Lipinski definition) is 3. The molecule has 5 heteroatoms. The van der Waals surface area contributed by atoms with E-state index in [4.69, 9.17) is 22.4 Å². The number of carbonyl (C=O) groups is 1. The maximum absolute atomic E-state index is 11.1. The fourth-order valence-electron chi connectivity index (χ4n) is 1.51. The van der Waals surface area contributed by atoms with E-state index >= 15 is 0 Å². The van der Waals surface area contributed by atoms with Gasteiger partial charge in [-0.05, 0) is 37.0 Å². The van der Waals surface area contributed by atoms with Gasteiger partial charge in [0.05, 0.1) is 0 Å². The second-order valence-corrected chi connectivity index (χ2v) is 5.52. The fraction of sp³-hybridized carbons (Fsp3) is 0.364. The first kappa shape index (κ1) is 11.6. The zero-order valence-electron chi connectivity index (χ0n) is 8.52. The number of thioether (sulfide) groups is 1. The molecule has 1 aliphatic carbocycles. The van der Waals surface area contributed by atoms with Crippen molar-refractivity contribution in [2.75, 3.05) is 5.73 Å². The predicted molar refractivity (Wildman–Crippen MR) is 65.9 cm³/mol. The SMILES string of the molecule is Nc1cc(Cl)ccc1SC(C(=O)O)C1CC1. The Morgan fingerprint density at radius 3 is 2.75 bits per heavy atom. The van der Waals surface area contributed by atoms with Gasteiger partial charge in [-0.1, -0.05) is 11.6 Å². The summed E-state index contributed by atoms with van der Waals surface area (Å²) in [5, 5.41) is 9.29. The normalized spacial score (nSPS) is 17.1. The van der Waals surface area contributed by atoms with Gasteiger partial charge in [0.25, 0.3) is 0 Å². The van der Waals surface area contributed by atoms with Crippen molar-refractivity contribution in [2.24, 2.45) is 5.92 Å². The summed E-state index contributed by atoms with van der Waals surface area (Å²) in [6.45, 7) is 0. The van der Waals surface area contributed by atoms with Gasteiger partial charge in [0.2, 0.25) is 0 Å².